The van der Waals surface area contributed by atoms with Crippen LogP contribution in [-0.2, 0) is 4.79 Å². The van der Waals surface area contributed by atoms with Crippen LogP contribution in [0.15, 0.2) is 36.4 Å². The number of rotatable bonds is 6. The lowest BCUT2D eigenvalue weighted by atomic mass is 10.1. The van der Waals surface area contributed by atoms with Gasteiger partial charge in [-0.05, 0) is 42.7 Å². The van der Waals surface area contributed by atoms with Crippen molar-refractivity contribution in [1.82, 2.24) is 4.90 Å². The number of aryl methyl sites for hydroxylation is 1. The number of para-hydroxylation sites is 1. The molecule has 7 heteroatoms. The Balaban J connectivity index is 1.65. The number of nitrogens with zero attached hydrogens (tertiary/aromatic N) is 2. The Kier molecular flexibility index (Phi) is 7.44. The maximum atomic E-state index is 12.7. The molecule has 0 aromatic heterocycles. The molecule has 0 saturated carbocycles. The first-order chi connectivity index (χ1) is 14.8. The molecule has 31 heavy (non-hydrogen) atoms. The summed E-state index contributed by atoms with van der Waals surface area (Å²) in [6, 6.07) is 11.0. The lowest BCUT2D eigenvalue weighted by Crippen LogP contribution is -2.49. The molecule has 2 aromatic rings. The van der Waals surface area contributed by atoms with Gasteiger partial charge in [0.2, 0.25) is 5.91 Å². The van der Waals surface area contributed by atoms with Crippen molar-refractivity contribution in [3.63, 3.8) is 0 Å². The molecule has 6 nitrogen and oxygen atoms in total. The zero-order chi connectivity index (χ0) is 22.5. The topological polar surface area (TPSA) is 61.9 Å². The molecule has 0 spiro atoms. The number of nitrogens with one attached hydrogen (secondary N) is 1. The number of carbonyl (C=O) groups is 2. The molecule has 1 fully saturated rings. The monoisotopic (exact) mass is 443 g/mol. The van der Waals surface area contributed by atoms with Gasteiger partial charge in [0.1, 0.15) is 5.75 Å². The molecule has 2 aromatic carbocycles. The van der Waals surface area contributed by atoms with E-state index < -0.39 is 0 Å². The quantitative estimate of drug-likeness (QED) is 0.708. The van der Waals surface area contributed by atoms with Gasteiger partial charge in [0.25, 0.3) is 5.91 Å². The van der Waals surface area contributed by atoms with Crippen molar-refractivity contribution in [3.05, 3.63) is 52.5 Å². The van der Waals surface area contributed by atoms with E-state index >= 15 is 0 Å². The molecule has 0 unspecified atom stereocenters. The Morgan fingerprint density at radius 2 is 1.84 bits per heavy atom. The van der Waals surface area contributed by atoms with Crippen molar-refractivity contribution < 1.29 is 14.3 Å². The third-order valence-corrected chi connectivity index (χ3v) is 5.72. The van der Waals surface area contributed by atoms with E-state index in [0.717, 1.165) is 24.3 Å². The lowest BCUT2D eigenvalue weighted by molar-refractivity contribution is -0.132. The average molecular weight is 444 g/mol. The summed E-state index contributed by atoms with van der Waals surface area (Å²) in [6.07, 6.45) is 0.584. The third kappa shape index (κ3) is 5.50. The second kappa shape index (κ2) is 10.1. The second-order valence-corrected chi connectivity index (χ2v) is 8.65. The Labute approximate surface area is 189 Å². The largest absolute Gasteiger partial charge is 0.496 e. The van der Waals surface area contributed by atoms with Crippen molar-refractivity contribution in [2.75, 3.05) is 43.5 Å². The van der Waals surface area contributed by atoms with Crippen LogP contribution in [0.1, 0.15) is 36.2 Å². The fourth-order valence-electron chi connectivity index (χ4n) is 3.82. The Hall–Kier alpha value is -2.73. The fourth-order valence-corrected chi connectivity index (χ4v) is 4.12. The first-order valence-electron chi connectivity index (χ1n) is 10.6. The van der Waals surface area contributed by atoms with Gasteiger partial charge in [-0.1, -0.05) is 37.6 Å². The van der Waals surface area contributed by atoms with Crippen molar-refractivity contribution in [2.45, 2.75) is 27.2 Å². The number of hydrogen-bond donors (Lipinski definition) is 1. The number of amides is 2. The molecule has 0 radical (unpaired) electrons. The molecule has 1 saturated heterocycles. The fraction of sp³-hybridized carbons (Fsp3) is 0.417. The minimum Gasteiger partial charge on any atom is -0.496 e. The van der Waals surface area contributed by atoms with Gasteiger partial charge in [0.15, 0.2) is 0 Å². The van der Waals surface area contributed by atoms with Crippen molar-refractivity contribution in [1.29, 1.82) is 0 Å². The van der Waals surface area contributed by atoms with Crippen LogP contribution in [0.25, 0.3) is 0 Å². The van der Waals surface area contributed by atoms with Gasteiger partial charge >= 0.3 is 0 Å². The van der Waals surface area contributed by atoms with Crippen LogP contribution in [0.5, 0.6) is 5.75 Å². The zero-order valence-electron chi connectivity index (χ0n) is 18.6. The number of hydrogen-bond acceptors (Lipinski definition) is 4. The van der Waals surface area contributed by atoms with Crippen molar-refractivity contribution in [3.8, 4) is 5.75 Å². The molecular formula is C24H30ClN3O3. The summed E-state index contributed by atoms with van der Waals surface area (Å²) in [5, 5.41) is 3.46. The normalized spacial score (nSPS) is 14.0. The van der Waals surface area contributed by atoms with Crippen LogP contribution < -0.4 is 15.0 Å². The standard InChI is InChI=1S/C24H30ClN3O3/c1-16(2)14-22(29)28-12-10-27(11-13-28)21-9-8-18(15-20(21)25)26-24(30)19-7-5-6-17(3)23(19)31-4/h5-9,15-16H,10-14H2,1-4H3,(H,26,30). The highest BCUT2D eigenvalue weighted by atomic mass is 35.5. The van der Waals surface area contributed by atoms with E-state index in [1.165, 1.54) is 0 Å². The van der Waals surface area contributed by atoms with Gasteiger partial charge in [-0.2, -0.15) is 0 Å². The van der Waals surface area contributed by atoms with Gasteiger partial charge in [0, 0.05) is 38.3 Å². The Morgan fingerprint density at radius 3 is 2.45 bits per heavy atom. The van der Waals surface area contributed by atoms with Crippen molar-refractivity contribution in [2.24, 2.45) is 5.92 Å². The van der Waals surface area contributed by atoms with E-state index in [2.05, 4.69) is 24.1 Å². The highest BCUT2D eigenvalue weighted by Gasteiger charge is 2.23. The number of halogens is 1. The molecule has 1 aliphatic rings. The van der Waals surface area contributed by atoms with E-state index in [-0.39, 0.29) is 11.8 Å². The van der Waals surface area contributed by atoms with E-state index in [1.807, 2.05) is 36.1 Å². The number of benzene rings is 2. The summed E-state index contributed by atoms with van der Waals surface area (Å²) >= 11 is 6.55. The number of methoxy groups -OCH3 is 1. The number of carbonyl (C=O) groups excluding carboxylic acids is 2. The molecule has 1 N–H and O–H groups in total. The van der Waals surface area contributed by atoms with Crippen LogP contribution in [0, 0.1) is 12.8 Å². The highest BCUT2D eigenvalue weighted by molar-refractivity contribution is 6.33. The van der Waals surface area contributed by atoms with Gasteiger partial charge in [-0.25, -0.2) is 0 Å². The molecule has 1 heterocycles. The molecule has 166 valence electrons. The first kappa shape index (κ1) is 22.9. The first-order valence-corrected chi connectivity index (χ1v) is 10.9. The van der Waals surface area contributed by atoms with Gasteiger partial charge in [-0.3, -0.25) is 9.59 Å². The molecule has 0 atom stereocenters. The third-order valence-electron chi connectivity index (χ3n) is 5.42. The molecular weight excluding hydrogens is 414 g/mol. The SMILES string of the molecule is COc1c(C)cccc1C(=O)Nc1ccc(N2CCN(C(=O)CC(C)C)CC2)c(Cl)c1. The van der Waals surface area contributed by atoms with E-state index in [0.29, 0.717) is 47.5 Å². The highest BCUT2D eigenvalue weighted by Crippen LogP contribution is 2.31. The maximum Gasteiger partial charge on any atom is 0.259 e. The minimum absolute atomic E-state index is 0.213. The lowest BCUT2D eigenvalue weighted by Gasteiger charge is -2.36. The number of ether oxygens (including phenoxy) is 1. The van der Waals surface area contributed by atoms with E-state index in [9.17, 15) is 9.59 Å². The number of anilines is 2. The van der Waals surface area contributed by atoms with Gasteiger partial charge in [0.05, 0.1) is 23.4 Å². The summed E-state index contributed by atoms with van der Waals surface area (Å²) in [6.45, 7) is 8.86. The Morgan fingerprint density at radius 1 is 1.13 bits per heavy atom. The zero-order valence-corrected chi connectivity index (χ0v) is 19.3. The number of piperazine rings is 1. The molecule has 0 aliphatic carbocycles. The predicted octanol–water partition coefficient (Wildman–Crippen LogP) is 4.60. The average Bonchev–Trinajstić information content (AvgIpc) is 2.73. The minimum atomic E-state index is -0.248. The van der Waals surface area contributed by atoms with Gasteiger partial charge < -0.3 is 19.9 Å². The smallest absolute Gasteiger partial charge is 0.259 e. The molecule has 1 aliphatic heterocycles. The summed E-state index contributed by atoms with van der Waals surface area (Å²) in [5.74, 6) is 0.891. The molecule has 2 amide bonds. The van der Waals surface area contributed by atoms with Crippen LogP contribution in [0.4, 0.5) is 11.4 Å². The summed E-state index contributed by atoms with van der Waals surface area (Å²) in [4.78, 5) is 29.1. The molecule has 0 bridgehead atoms. The summed E-state index contributed by atoms with van der Waals surface area (Å²) in [5.41, 5.74) is 2.90. The van der Waals surface area contributed by atoms with Gasteiger partial charge in [-0.15, -0.1) is 0 Å². The second-order valence-electron chi connectivity index (χ2n) is 8.24. The van der Waals surface area contributed by atoms with Crippen LogP contribution >= 0.6 is 11.6 Å². The summed E-state index contributed by atoms with van der Waals surface area (Å²) in [7, 11) is 1.56. The van der Waals surface area contributed by atoms with E-state index in [1.54, 1.807) is 19.2 Å². The van der Waals surface area contributed by atoms with Crippen LogP contribution in [-0.4, -0.2) is 50.0 Å². The van der Waals surface area contributed by atoms with Crippen molar-refractivity contribution >= 4 is 34.8 Å². The van der Waals surface area contributed by atoms with Crippen LogP contribution in [0.3, 0.4) is 0 Å². The predicted molar refractivity (Wildman–Crippen MR) is 125 cm³/mol. The van der Waals surface area contributed by atoms with Crippen LogP contribution in [0.2, 0.25) is 5.02 Å². The van der Waals surface area contributed by atoms with E-state index in [4.69, 9.17) is 16.3 Å². The molecule has 3 rings (SSSR count). The maximum absolute atomic E-state index is 12.7. The summed E-state index contributed by atoms with van der Waals surface area (Å²) < 4.78 is 5.38. The Bertz CT molecular complexity index is 953.